The molecule has 0 aliphatic heterocycles. The molecule has 4 heteroatoms. The summed E-state index contributed by atoms with van der Waals surface area (Å²) in [6.45, 7) is 4.15. The fourth-order valence-electron chi connectivity index (χ4n) is 1.76. The van der Waals surface area contributed by atoms with Crippen LogP contribution in [0.5, 0.6) is 0 Å². The van der Waals surface area contributed by atoms with Gasteiger partial charge in [0.1, 0.15) is 5.69 Å². The number of hydrogen-bond donors (Lipinski definition) is 1. The highest BCUT2D eigenvalue weighted by atomic mass is 16.5. The molecule has 0 bridgehead atoms. The Morgan fingerprint density at radius 2 is 2.25 bits per heavy atom. The molecule has 2 aromatic heterocycles. The van der Waals surface area contributed by atoms with Gasteiger partial charge in [-0.25, -0.2) is 4.79 Å². The molecule has 84 valence electrons. The summed E-state index contributed by atoms with van der Waals surface area (Å²) in [7, 11) is 1.37. The summed E-state index contributed by atoms with van der Waals surface area (Å²) >= 11 is 0. The van der Waals surface area contributed by atoms with E-state index in [1.807, 2.05) is 6.07 Å². The number of pyridine rings is 1. The molecule has 2 heterocycles. The van der Waals surface area contributed by atoms with Gasteiger partial charge in [-0.3, -0.25) is 4.98 Å². The van der Waals surface area contributed by atoms with Crippen LogP contribution in [0.1, 0.15) is 35.9 Å². The third-order valence-electron chi connectivity index (χ3n) is 2.53. The molecule has 0 spiro atoms. The van der Waals surface area contributed by atoms with E-state index >= 15 is 0 Å². The van der Waals surface area contributed by atoms with Crippen LogP contribution >= 0.6 is 0 Å². The molecule has 0 aromatic carbocycles. The average molecular weight is 218 g/mol. The number of carbonyl (C=O) groups excluding carboxylic acids is 1. The van der Waals surface area contributed by atoms with Crippen LogP contribution in [-0.4, -0.2) is 23.0 Å². The fraction of sp³-hybridized carbons (Fsp3) is 0.333. The fourth-order valence-corrected chi connectivity index (χ4v) is 1.76. The normalized spacial score (nSPS) is 11.0. The van der Waals surface area contributed by atoms with Crippen LogP contribution in [0.3, 0.4) is 0 Å². The minimum Gasteiger partial charge on any atom is -0.464 e. The number of nitrogens with one attached hydrogen (secondary N) is 1. The standard InChI is InChI=1S/C12H14N2O2/c1-7(2)11-8-6-10(12(15)16-3)14-9(8)4-5-13-11/h4-7,14H,1-3H3. The Bertz CT molecular complexity index is 529. The predicted octanol–water partition coefficient (Wildman–Crippen LogP) is 2.47. The van der Waals surface area contributed by atoms with Gasteiger partial charge in [-0.2, -0.15) is 0 Å². The second kappa shape index (κ2) is 3.96. The molecule has 16 heavy (non-hydrogen) atoms. The molecule has 2 aromatic rings. The highest BCUT2D eigenvalue weighted by molar-refractivity contribution is 5.95. The Balaban J connectivity index is 2.61. The van der Waals surface area contributed by atoms with E-state index in [0.717, 1.165) is 16.6 Å². The second-order valence-electron chi connectivity index (χ2n) is 3.99. The molecule has 0 aliphatic carbocycles. The van der Waals surface area contributed by atoms with Crippen molar-refractivity contribution in [1.82, 2.24) is 9.97 Å². The average Bonchev–Trinajstić information content (AvgIpc) is 2.70. The van der Waals surface area contributed by atoms with Crippen LogP contribution < -0.4 is 0 Å². The minimum absolute atomic E-state index is 0.324. The van der Waals surface area contributed by atoms with Crippen molar-refractivity contribution in [3.8, 4) is 0 Å². The number of aromatic nitrogens is 2. The van der Waals surface area contributed by atoms with E-state index in [9.17, 15) is 4.79 Å². The molecular weight excluding hydrogens is 204 g/mol. The Morgan fingerprint density at radius 3 is 2.88 bits per heavy atom. The number of esters is 1. The summed E-state index contributed by atoms with van der Waals surface area (Å²) < 4.78 is 4.68. The lowest BCUT2D eigenvalue weighted by atomic mass is 10.1. The van der Waals surface area contributed by atoms with Crippen molar-refractivity contribution in [3.63, 3.8) is 0 Å². The zero-order valence-electron chi connectivity index (χ0n) is 9.57. The molecule has 4 nitrogen and oxygen atoms in total. The first-order chi connectivity index (χ1) is 7.63. The number of ether oxygens (including phenoxy) is 1. The first kappa shape index (κ1) is 10.7. The summed E-state index contributed by atoms with van der Waals surface area (Å²) in [4.78, 5) is 18.8. The molecule has 0 unspecified atom stereocenters. The van der Waals surface area contributed by atoms with Gasteiger partial charge in [0, 0.05) is 17.1 Å². The lowest BCUT2D eigenvalue weighted by Gasteiger charge is -2.04. The Morgan fingerprint density at radius 1 is 1.50 bits per heavy atom. The first-order valence-electron chi connectivity index (χ1n) is 5.19. The van der Waals surface area contributed by atoms with Crippen LogP contribution in [0.4, 0.5) is 0 Å². The zero-order valence-corrected chi connectivity index (χ0v) is 9.57. The van der Waals surface area contributed by atoms with Crippen molar-refractivity contribution in [2.75, 3.05) is 7.11 Å². The summed E-state index contributed by atoms with van der Waals surface area (Å²) in [6, 6.07) is 3.65. The zero-order chi connectivity index (χ0) is 11.7. The molecule has 0 aliphatic rings. The van der Waals surface area contributed by atoms with E-state index in [4.69, 9.17) is 0 Å². The van der Waals surface area contributed by atoms with E-state index in [1.54, 1.807) is 12.3 Å². The topological polar surface area (TPSA) is 55.0 Å². The summed E-state index contributed by atoms with van der Waals surface area (Å²) in [5, 5.41) is 0.984. The minimum atomic E-state index is -0.356. The van der Waals surface area contributed by atoms with Gasteiger partial charge in [-0.1, -0.05) is 13.8 Å². The number of rotatable bonds is 2. The number of methoxy groups -OCH3 is 1. The Kier molecular flexibility index (Phi) is 2.64. The number of nitrogens with zero attached hydrogens (tertiary/aromatic N) is 1. The third kappa shape index (κ3) is 1.66. The van der Waals surface area contributed by atoms with Crippen LogP contribution in [0.25, 0.3) is 10.9 Å². The van der Waals surface area contributed by atoms with Crippen molar-refractivity contribution >= 4 is 16.9 Å². The molecule has 0 atom stereocenters. The molecule has 0 saturated heterocycles. The molecule has 0 fully saturated rings. The van der Waals surface area contributed by atoms with Crippen LogP contribution in [0.2, 0.25) is 0 Å². The first-order valence-corrected chi connectivity index (χ1v) is 5.19. The highest BCUT2D eigenvalue weighted by Crippen LogP contribution is 2.24. The monoisotopic (exact) mass is 218 g/mol. The van der Waals surface area contributed by atoms with Crippen molar-refractivity contribution in [2.45, 2.75) is 19.8 Å². The number of fused-ring (bicyclic) bond motifs is 1. The quantitative estimate of drug-likeness (QED) is 0.788. The number of aromatic amines is 1. The SMILES string of the molecule is COC(=O)c1cc2c(C(C)C)nccc2[nH]1. The Hall–Kier alpha value is -1.84. The molecule has 0 radical (unpaired) electrons. The molecule has 2 rings (SSSR count). The van der Waals surface area contributed by atoms with E-state index in [0.29, 0.717) is 11.6 Å². The summed E-state index contributed by atoms with van der Waals surface area (Å²) in [5.41, 5.74) is 2.37. The lowest BCUT2D eigenvalue weighted by molar-refractivity contribution is 0.0595. The summed E-state index contributed by atoms with van der Waals surface area (Å²) in [6.07, 6.45) is 1.75. The van der Waals surface area contributed by atoms with Gasteiger partial charge in [0.2, 0.25) is 0 Å². The van der Waals surface area contributed by atoms with Gasteiger partial charge < -0.3 is 9.72 Å². The van der Waals surface area contributed by atoms with Crippen molar-refractivity contribution in [1.29, 1.82) is 0 Å². The summed E-state index contributed by atoms with van der Waals surface area (Å²) in [5.74, 6) is -0.0316. The van der Waals surface area contributed by atoms with Gasteiger partial charge >= 0.3 is 5.97 Å². The Labute approximate surface area is 93.6 Å². The maximum absolute atomic E-state index is 11.4. The van der Waals surface area contributed by atoms with Crippen LogP contribution in [0.15, 0.2) is 18.3 Å². The van der Waals surface area contributed by atoms with Crippen LogP contribution in [-0.2, 0) is 4.74 Å². The molecular formula is C12H14N2O2. The van der Waals surface area contributed by atoms with Gasteiger partial charge in [0.25, 0.3) is 0 Å². The van der Waals surface area contributed by atoms with Gasteiger partial charge in [-0.15, -0.1) is 0 Å². The maximum atomic E-state index is 11.4. The molecule has 0 amide bonds. The third-order valence-corrected chi connectivity index (χ3v) is 2.53. The van der Waals surface area contributed by atoms with Crippen molar-refractivity contribution in [3.05, 3.63) is 29.7 Å². The van der Waals surface area contributed by atoms with E-state index in [1.165, 1.54) is 7.11 Å². The van der Waals surface area contributed by atoms with E-state index < -0.39 is 0 Å². The van der Waals surface area contributed by atoms with Crippen LogP contribution in [0, 0.1) is 0 Å². The number of carbonyl (C=O) groups is 1. The molecule has 0 saturated carbocycles. The number of H-pyrrole nitrogens is 1. The van der Waals surface area contributed by atoms with E-state index in [2.05, 4.69) is 28.6 Å². The van der Waals surface area contributed by atoms with E-state index in [-0.39, 0.29) is 5.97 Å². The van der Waals surface area contributed by atoms with Gasteiger partial charge in [0.15, 0.2) is 0 Å². The number of hydrogen-bond acceptors (Lipinski definition) is 3. The molecule has 1 N–H and O–H groups in total. The largest absolute Gasteiger partial charge is 0.464 e. The second-order valence-corrected chi connectivity index (χ2v) is 3.99. The van der Waals surface area contributed by atoms with Crippen molar-refractivity contribution < 1.29 is 9.53 Å². The lowest BCUT2D eigenvalue weighted by Crippen LogP contribution is -2.00. The highest BCUT2D eigenvalue weighted by Gasteiger charge is 2.13. The van der Waals surface area contributed by atoms with Gasteiger partial charge in [0.05, 0.1) is 12.8 Å². The smallest absolute Gasteiger partial charge is 0.354 e. The van der Waals surface area contributed by atoms with Crippen molar-refractivity contribution in [2.24, 2.45) is 0 Å². The predicted molar refractivity (Wildman–Crippen MR) is 61.5 cm³/mol. The van der Waals surface area contributed by atoms with Gasteiger partial charge in [-0.05, 0) is 18.1 Å². The maximum Gasteiger partial charge on any atom is 0.354 e.